The summed E-state index contributed by atoms with van der Waals surface area (Å²) < 4.78 is 53.6. The molecule has 0 saturated carbocycles. The molecule has 2 aromatic heterocycles. The predicted octanol–water partition coefficient (Wildman–Crippen LogP) is 4.44. The Bertz CT molecular complexity index is 1160. The largest absolute Gasteiger partial charge is 0.573 e. The molecule has 3 heterocycles. The molecule has 1 atom stereocenters. The summed E-state index contributed by atoms with van der Waals surface area (Å²) in [6.07, 6.45) is -1.78. The van der Waals surface area contributed by atoms with Crippen molar-refractivity contribution in [1.82, 2.24) is 19.2 Å². The van der Waals surface area contributed by atoms with Crippen LogP contribution in [0, 0.1) is 6.92 Å². The zero-order valence-corrected chi connectivity index (χ0v) is 20.4. The van der Waals surface area contributed by atoms with Gasteiger partial charge in [0.15, 0.2) is 0 Å². The maximum Gasteiger partial charge on any atom is 0.573 e. The molecule has 0 aliphatic carbocycles. The van der Waals surface area contributed by atoms with E-state index in [4.69, 9.17) is 4.42 Å². The molecule has 1 aliphatic rings. The van der Waals surface area contributed by atoms with Crippen LogP contribution >= 0.6 is 11.5 Å². The summed E-state index contributed by atoms with van der Waals surface area (Å²) in [5, 5.41) is 2.88. The number of hydrogen-bond acceptors (Lipinski definition) is 8. The summed E-state index contributed by atoms with van der Waals surface area (Å²) in [7, 11) is 2.08. The third kappa shape index (κ3) is 6.19. The Balaban J connectivity index is 1.64. The van der Waals surface area contributed by atoms with E-state index in [0.29, 0.717) is 12.2 Å². The number of ether oxygens (including phenoxy) is 1. The Morgan fingerprint density at radius 1 is 1.26 bits per heavy atom. The van der Waals surface area contributed by atoms with Gasteiger partial charge >= 0.3 is 6.36 Å². The number of likely N-dealkylation sites (N-methyl/N-ethyl adjacent to an activating group) is 1. The number of rotatable bonds is 7. The summed E-state index contributed by atoms with van der Waals surface area (Å²) in [6.45, 7) is 7.40. The number of furan rings is 1. The Hall–Kier alpha value is -2.96. The summed E-state index contributed by atoms with van der Waals surface area (Å²) in [4.78, 5) is 21.8. The molecule has 1 fully saturated rings. The number of hydrogen-bond donors (Lipinski definition) is 1. The Kier molecular flexibility index (Phi) is 7.43. The fraction of sp³-hybridized carbons (Fsp3) is 0.435. The number of nitrogens with zero attached hydrogens (tertiary/aromatic N) is 4. The molecule has 1 aromatic carbocycles. The number of aromatic nitrogens is 2. The first-order chi connectivity index (χ1) is 16.6. The number of carbonyl (C=O) groups is 1. The average Bonchev–Trinajstić information content (AvgIpc) is 3.48. The van der Waals surface area contributed by atoms with Gasteiger partial charge in [0.25, 0.3) is 5.91 Å². The number of alkyl halides is 3. The van der Waals surface area contributed by atoms with E-state index in [2.05, 4.69) is 43.2 Å². The van der Waals surface area contributed by atoms with Gasteiger partial charge in [-0.3, -0.25) is 9.69 Å². The van der Waals surface area contributed by atoms with E-state index in [9.17, 15) is 18.0 Å². The van der Waals surface area contributed by atoms with Crippen molar-refractivity contribution >= 4 is 23.1 Å². The molecule has 3 aromatic rings. The van der Waals surface area contributed by atoms with Crippen molar-refractivity contribution < 1.29 is 27.1 Å². The number of nitrogens with one attached hydrogen (secondary N) is 1. The third-order valence-corrected chi connectivity index (χ3v) is 6.70. The zero-order chi connectivity index (χ0) is 25.2. The molecule has 0 bridgehead atoms. The number of benzene rings is 1. The fourth-order valence-corrected chi connectivity index (χ4v) is 4.68. The lowest BCUT2D eigenvalue weighted by molar-refractivity contribution is -0.274. The highest BCUT2D eigenvalue weighted by Gasteiger charge is 2.35. The van der Waals surface area contributed by atoms with Crippen LogP contribution in [-0.2, 0) is 6.42 Å². The molecule has 1 saturated heterocycles. The molecule has 0 radical (unpaired) electrons. The van der Waals surface area contributed by atoms with Gasteiger partial charge in [0.05, 0.1) is 23.1 Å². The quantitative estimate of drug-likeness (QED) is 0.504. The van der Waals surface area contributed by atoms with Gasteiger partial charge in [0.2, 0.25) is 0 Å². The van der Waals surface area contributed by atoms with Gasteiger partial charge in [0.1, 0.15) is 22.8 Å². The van der Waals surface area contributed by atoms with Crippen molar-refractivity contribution in [3.05, 3.63) is 47.7 Å². The van der Waals surface area contributed by atoms with Crippen LogP contribution in [0.3, 0.4) is 0 Å². The van der Waals surface area contributed by atoms with Crippen molar-refractivity contribution in [2.75, 3.05) is 38.5 Å². The lowest BCUT2D eigenvalue weighted by atomic mass is 10.1. The second-order valence-electron chi connectivity index (χ2n) is 8.56. The Morgan fingerprint density at radius 2 is 2.00 bits per heavy atom. The average molecular weight is 510 g/mol. The number of carbonyl (C=O) groups excluding carboxylic acids is 1. The van der Waals surface area contributed by atoms with Crippen LogP contribution in [0.2, 0.25) is 0 Å². The SMILES string of the molecule is Cc1ccc(NC(=O)c2ccoc2)c(-c2nc(CC(C)N3CCN(C)CC3)ns2)c1OC(F)(F)F. The van der Waals surface area contributed by atoms with Crippen molar-refractivity contribution in [2.24, 2.45) is 0 Å². The molecule has 4 rings (SSSR count). The number of halogens is 3. The highest BCUT2D eigenvalue weighted by Crippen LogP contribution is 2.42. The molecular weight excluding hydrogens is 483 g/mol. The Morgan fingerprint density at radius 3 is 2.66 bits per heavy atom. The van der Waals surface area contributed by atoms with Crippen LogP contribution in [-0.4, -0.2) is 70.7 Å². The summed E-state index contributed by atoms with van der Waals surface area (Å²) >= 11 is 0.974. The first kappa shape index (κ1) is 25.1. The molecule has 8 nitrogen and oxygen atoms in total. The van der Waals surface area contributed by atoms with Gasteiger partial charge in [-0.25, -0.2) is 4.98 Å². The van der Waals surface area contributed by atoms with E-state index in [1.165, 1.54) is 37.6 Å². The van der Waals surface area contributed by atoms with Crippen molar-refractivity contribution in [3.8, 4) is 16.3 Å². The zero-order valence-electron chi connectivity index (χ0n) is 19.6. The lowest BCUT2D eigenvalue weighted by Crippen LogP contribution is -2.48. The van der Waals surface area contributed by atoms with Crippen LogP contribution in [0.25, 0.3) is 10.6 Å². The second kappa shape index (κ2) is 10.3. The van der Waals surface area contributed by atoms with Crippen molar-refractivity contribution in [1.29, 1.82) is 0 Å². The highest BCUT2D eigenvalue weighted by atomic mass is 32.1. The summed E-state index contributed by atoms with van der Waals surface area (Å²) in [5.41, 5.74) is 0.654. The van der Waals surface area contributed by atoms with E-state index in [1.807, 2.05) is 0 Å². The molecule has 1 aliphatic heterocycles. The van der Waals surface area contributed by atoms with Crippen LogP contribution in [0.4, 0.5) is 18.9 Å². The van der Waals surface area contributed by atoms with Crippen LogP contribution in [0.1, 0.15) is 28.7 Å². The molecular formula is C23H26F3N5O3S. The minimum absolute atomic E-state index is 0.0372. The van der Waals surface area contributed by atoms with Gasteiger partial charge in [-0.2, -0.15) is 4.37 Å². The molecule has 1 unspecified atom stereocenters. The van der Waals surface area contributed by atoms with Crippen molar-refractivity contribution in [3.63, 3.8) is 0 Å². The maximum absolute atomic E-state index is 13.3. The van der Waals surface area contributed by atoms with Gasteiger partial charge in [0, 0.05) is 38.6 Å². The third-order valence-electron chi connectivity index (χ3n) is 5.93. The molecule has 188 valence electrons. The minimum atomic E-state index is -4.92. The molecule has 12 heteroatoms. The van der Waals surface area contributed by atoms with Crippen molar-refractivity contribution in [2.45, 2.75) is 32.7 Å². The number of amides is 1. The fourth-order valence-electron chi connectivity index (χ4n) is 3.93. The maximum atomic E-state index is 13.3. The molecule has 1 amide bonds. The van der Waals surface area contributed by atoms with Gasteiger partial charge in [-0.15, -0.1) is 13.2 Å². The van der Waals surface area contributed by atoms with E-state index < -0.39 is 18.0 Å². The summed E-state index contributed by atoms with van der Waals surface area (Å²) in [5.74, 6) is -0.421. The minimum Gasteiger partial charge on any atom is -0.472 e. The number of anilines is 1. The van der Waals surface area contributed by atoms with Crippen LogP contribution in [0.15, 0.2) is 35.1 Å². The predicted molar refractivity (Wildman–Crippen MR) is 126 cm³/mol. The van der Waals surface area contributed by atoms with Gasteiger partial charge in [-0.05, 0) is 50.1 Å². The monoisotopic (exact) mass is 509 g/mol. The topological polar surface area (TPSA) is 83.7 Å². The van der Waals surface area contributed by atoms with Gasteiger partial charge in [-0.1, -0.05) is 6.07 Å². The molecule has 1 N–H and O–H groups in total. The van der Waals surface area contributed by atoms with E-state index in [0.717, 1.165) is 37.7 Å². The van der Waals surface area contributed by atoms with E-state index in [1.54, 1.807) is 0 Å². The highest BCUT2D eigenvalue weighted by molar-refractivity contribution is 7.09. The smallest absolute Gasteiger partial charge is 0.472 e. The summed E-state index contributed by atoms with van der Waals surface area (Å²) in [6, 6.07) is 4.61. The first-order valence-corrected chi connectivity index (χ1v) is 11.9. The molecule has 35 heavy (non-hydrogen) atoms. The van der Waals surface area contributed by atoms with E-state index in [-0.39, 0.29) is 33.4 Å². The molecule has 0 spiro atoms. The lowest BCUT2D eigenvalue weighted by Gasteiger charge is -2.36. The standard InChI is InChI=1S/C23H26F3N5O3S/c1-14-4-5-17(27-21(32)16-6-11-33-13-16)19(20(14)34-23(24,25)26)22-28-18(29-35-22)12-15(2)31-9-7-30(3)8-10-31/h4-6,11,13,15H,7-10,12H2,1-3H3,(H,27,32). The van der Waals surface area contributed by atoms with Gasteiger partial charge < -0.3 is 19.4 Å². The number of aryl methyl sites for hydroxylation is 1. The van der Waals surface area contributed by atoms with E-state index >= 15 is 0 Å². The second-order valence-corrected chi connectivity index (χ2v) is 9.31. The Labute approximate surface area is 204 Å². The number of piperazine rings is 1. The first-order valence-electron chi connectivity index (χ1n) is 11.1. The van der Waals surface area contributed by atoms with Crippen LogP contribution in [0.5, 0.6) is 5.75 Å². The normalized spacial score (nSPS) is 16.3. The van der Waals surface area contributed by atoms with Crippen LogP contribution < -0.4 is 10.1 Å².